The van der Waals surface area contributed by atoms with Gasteiger partial charge in [0.2, 0.25) is 0 Å². The second-order valence-corrected chi connectivity index (χ2v) is 7.07. The van der Waals surface area contributed by atoms with Crippen molar-refractivity contribution in [3.8, 4) is 17.5 Å². The summed E-state index contributed by atoms with van der Waals surface area (Å²) in [5.74, 6) is -2.04. The highest BCUT2D eigenvalue weighted by molar-refractivity contribution is 5.38. The molecule has 0 fully saturated rings. The molecule has 2 atom stereocenters. The average Bonchev–Trinajstić information content (AvgIpc) is 3.06. The molecule has 176 valence electrons. The molecular weight excluding hydrogens is 400 g/mol. The fraction of sp³-hybridized carbons (Fsp3) is 0.789. The van der Waals surface area contributed by atoms with Crippen LogP contribution in [-0.2, 0) is 14.2 Å². The van der Waals surface area contributed by atoms with Gasteiger partial charge in [0.25, 0.3) is 5.97 Å². The number of aromatic nitrogens is 1. The normalized spacial score (nSPS) is 14.6. The maximum atomic E-state index is 10.7. The van der Waals surface area contributed by atoms with Crippen LogP contribution in [0.15, 0.2) is 0 Å². The van der Waals surface area contributed by atoms with Crippen molar-refractivity contribution < 1.29 is 49.0 Å². The minimum Gasteiger partial charge on any atom is -0.558 e. The van der Waals surface area contributed by atoms with Gasteiger partial charge in [0.1, 0.15) is 6.10 Å². The summed E-state index contributed by atoms with van der Waals surface area (Å²) in [5, 5.41) is 38.5. The van der Waals surface area contributed by atoms with Gasteiger partial charge in [0.05, 0.1) is 71.9 Å². The van der Waals surface area contributed by atoms with Gasteiger partial charge in [-0.2, -0.15) is 0 Å². The number of hydrogen-bond donors (Lipinski definition) is 6. The number of aromatic hydroxyl groups is 1. The molecule has 0 bridgehead atoms. The molecular formula is C19H36N2O9. The van der Waals surface area contributed by atoms with Crippen molar-refractivity contribution in [2.45, 2.75) is 31.3 Å². The molecule has 11 heteroatoms. The second-order valence-electron chi connectivity index (χ2n) is 7.07. The van der Waals surface area contributed by atoms with Gasteiger partial charge in [-0.1, -0.05) is 0 Å². The Balaban J connectivity index is 2.58. The number of ether oxygens (including phenoxy) is 5. The van der Waals surface area contributed by atoms with E-state index in [-0.39, 0.29) is 43.8 Å². The van der Waals surface area contributed by atoms with Crippen molar-refractivity contribution in [3.05, 3.63) is 6.07 Å². The van der Waals surface area contributed by atoms with Crippen LogP contribution >= 0.6 is 0 Å². The van der Waals surface area contributed by atoms with Crippen LogP contribution in [0.25, 0.3) is 0 Å². The van der Waals surface area contributed by atoms with E-state index >= 15 is 0 Å². The van der Waals surface area contributed by atoms with Crippen molar-refractivity contribution in [1.82, 2.24) is 4.98 Å². The van der Waals surface area contributed by atoms with Gasteiger partial charge in [0.15, 0.2) is 0 Å². The molecule has 0 radical (unpaired) electrons. The Bertz CT molecular complexity index is 570. The number of hydrogen-bond acceptors (Lipinski definition) is 9. The van der Waals surface area contributed by atoms with Crippen LogP contribution in [0.2, 0.25) is 0 Å². The highest BCUT2D eigenvalue weighted by Crippen LogP contribution is 2.31. The summed E-state index contributed by atoms with van der Waals surface area (Å²) in [4.78, 5) is 3.76. The van der Waals surface area contributed by atoms with Gasteiger partial charge in [0, 0.05) is 25.9 Å². The molecule has 0 amide bonds. The first kappa shape index (κ1) is 26.4. The summed E-state index contributed by atoms with van der Waals surface area (Å²) < 4.78 is 26.8. The van der Waals surface area contributed by atoms with Crippen LogP contribution in [-0.4, -0.2) is 105 Å². The van der Waals surface area contributed by atoms with Gasteiger partial charge in [-0.25, -0.2) is 0 Å². The Labute approximate surface area is 177 Å². The molecule has 0 spiro atoms. The summed E-state index contributed by atoms with van der Waals surface area (Å²) in [6, 6.07) is 2.52. The summed E-state index contributed by atoms with van der Waals surface area (Å²) in [5.41, 5.74) is 0. The van der Waals surface area contributed by atoms with Crippen LogP contribution in [0.3, 0.4) is 0 Å². The van der Waals surface area contributed by atoms with E-state index in [4.69, 9.17) is 28.8 Å². The van der Waals surface area contributed by atoms with Crippen LogP contribution in [0.5, 0.6) is 17.5 Å². The number of quaternary nitrogens is 1. The lowest BCUT2D eigenvalue weighted by atomic mass is 10.3. The van der Waals surface area contributed by atoms with E-state index in [0.717, 1.165) is 13.0 Å². The Morgan fingerprint density at radius 2 is 1.80 bits per heavy atom. The monoisotopic (exact) mass is 436 g/mol. The lowest BCUT2D eigenvalue weighted by molar-refractivity contribution is -0.858. The average molecular weight is 437 g/mol. The van der Waals surface area contributed by atoms with E-state index in [1.165, 1.54) is 4.90 Å². The molecule has 1 aromatic heterocycles. The zero-order valence-electron chi connectivity index (χ0n) is 18.0. The number of methoxy groups -OCH3 is 1. The van der Waals surface area contributed by atoms with E-state index in [1.807, 2.05) is 14.1 Å². The standard InChI is InChI=1S/C19H35N2O9/c1-21(2)7-4-9-29-19(25,30-10-5-8-26-3)6-11-27-16-12-17(24)20-18(16)28-14-15(23)13-22/h15,20,22-25H,4-11,13-14H2,1-3H3/q-1/p+1. The number of aromatic amines is 1. The Morgan fingerprint density at radius 3 is 2.43 bits per heavy atom. The first-order valence-electron chi connectivity index (χ1n) is 9.96. The Hall–Kier alpha value is -1.60. The van der Waals surface area contributed by atoms with E-state index in [2.05, 4.69) is 11.1 Å². The molecule has 0 aliphatic carbocycles. The number of H-pyrrole nitrogens is 1. The van der Waals surface area contributed by atoms with E-state index in [1.54, 1.807) is 7.11 Å². The molecule has 1 rings (SSSR count). The SMILES string of the molecule is COCCCOC(O)(CCOc1[c-]c(O)[nH]c1OCC(O)CO)OCCC[NH+](C)C. The van der Waals surface area contributed by atoms with Crippen LogP contribution in [0.4, 0.5) is 0 Å². The molecule has 1 aromatic rings. The maximum Gasteiger partial charge on any atom is 0.283 e. The molecule has 30 heavy (non-hydrogen) atoms. The fourth-order valence-electron chi connectivity index (χ4n) is 2.36. The summed E-state index contributed by atoms with van der Waals surface area (Å²) in [7, 11) is 5.65. The number of aliphatic hydroxyl groups excluding tert-OH is 2. The minimum absolute atomic E-state index is 0.00666. The first-order valence-corrected chi connectivity index (χ1v) is 9.96. The number of aliphatic hydroxyl groups is 3. The van der Waals surface area contributed by atoms with E-state index in [9.17, 15) is 15.3 Å². The zero-order valence-corrected chi connectivity index (χ0v) is 18.0. The highest BCUT2D eigenvalue weighted by Gasteiger charge is 2.29. The van der Waals surface area contributed by atoms with Crippen LogP contribution < -0.4 is 14.4 Å². The molecule has 11 nitrogen and oxygen atoms in total. The third-order valence-electron chi connectivity index (χ3n) is 3.93. The summed E-state index contributed by atoms with van der Waals surface area (Å²) >= 11 is 0. The van der Waals surface area contributed by atoms with Crippen LogP contribution in [0, 0.1) is 6.07 Å². The van der Waals surface area contributed by atoms with E-state index < -0.39 is 18.7 Å². The molecule has 0 saturated carbocycles. The molecule has 0 aliphatic rings. The van der Waals surface area contributed by atoms with Crippen molar-refractivity contribution in [2.24, 2.45) is 0 Å². The van der Waals surface area contributed by atoms with Gasteiger partial charge in [-0.15, -0.1) is 6.07 Å². The second kappa shape index (κ2) is 14.4. The maximum absolute atomic E-state index is 10.7. The largest absolute Gasteiger partial charge is 0.558 e. The molecule has 0 saturated heterocycles. The fourth-order valence-corrected chi connectivity index (χ4v) is 2.36. The lowest BCUT2D eigenvalue weighted by Crippen LogP contribution is -3.05. The number of rotatable bonds is 18. The molecule has 2 unspecified atom stereocenters. The molecule has 6 N–H and O–H groups in total. The lowest BCUT2D eigenvalue weighted by Gasteiger charge is -2.28. The van der Waals surface area contributed by atoms with E-state index in [0.29, 0.717) is 19.6 Å². The predicted molar refractivity (Wildman–Crippen MR) is 106 cm³/mol. The highest BCUT2D eigenvalue weighted by atomic mass is 16.8. The molecule has 1 heterocycles. The first-order chi connectivity index (χ1) is 14.3. The summed E-state index contributed by atoms with van der Waals surface area (Å²) in [6.07, 6.45) is 0.256. The van der Waals surface area contributed by atoms with Crippen molar-refractivity contribution in [2.75, 3.05) is 67.4 Å². The predicted octanol–water partition coefficient (Wildman–Crippen LogP) is -1.73. The third-order valence-corrected chi connectivity index (χ3v) is 3.93. The van der Waals surface area contributed by atoms with Gasteiger partial charge < -0.3 is 54.0 Å². The third kappa shape index (κ3) is 11.0. The van der Waals surface area contributed by atoms with Gasteiger partial charge in [-0.3, -0.25) is 0 Å². The minimum atomic E-state index is -1.83. The van der Waals surface area contributed by atoms with Crippen molar-refractivity contribution >= 4 is 0 Å². The quantitative estimate of drug-likeness (QED) is 0.0897. The zero-order chi connectivity index (χ0) is 22.4. The number of nitrogens with one attached hydrogen (secondary N) is 2. The van der Waals surface area contributed by atoms with Gasteiger partial charge >= 0.3 is 0 Å². The van der Waals surface area contributed by atoms with Crippen molar-refractivity contribution in [1.29, 1.82) is 0 Å². The molecule has 0 aliphatic heterocycles. The van der Waals surface area contributed by atoms with Gasteiger partial charge in [-0.05, 0) is 6.42 Å². The Kier molecular flexibility index (Phi) is 12.7. The Morgan fingerprint density at radius 1 is 1.10 bits per heavy atom. The molecule has 0 aromatic carbocycles. The summed E-state index contributed by atoms with van der Waals surface area (Å²) in [6.45, 7) is 1.25. The topological polar surface area (TPSA) is 147 Å². The van der Waals surface area contributed by atoms with Crippen molar-refractivity contribution in [3.63, 3.8) is 0 Å². The smallest absolute Gasteiger partial charge is 0.283 e. The van der Waals surface area contributed by atoms with Crippen LogP contribution in [0.1, 0.15) is 19.3 Å².